The smallest absolute Gasteiger partial charge is 0.0597 e. The van der Waals surface area contributed by atoms with Gasteiger partial charge < -0.3 is 9.47 Å². The predicted molar refractivity (Wildman–Crippen MR) is 207 cm³/mol. The van der Waals surface area contributed by atoms with Gasteiger partial charge in [-0.05, 0) is 108 Å². The quantitative estimate of drug-likeness (QED) is 0.176. The highest BCUT2D eigenvalue weighted by molar-refractivity contribution is 6.11. The van der Waals surface area contributed by atoms with Crippen molar-refractivity contribution in [1.29, 1.82) is 0 Å². The fraction of sp³-hybridized carbons (Fsp3) is 0.191. The molecule has 0 amide bonds. The zero-order valence-electron chi connectivity index (χ0n) is 28.1. The molecule has 0 spiro atoms. The molecule has 49 heavy (non-hydrogen) atoms. The molecule has 3 aliphatic carbocycles. The van der Waals surface area contributed by atoms with Gasteiger partial charge in [-0.25, -0.2) is 0 Å². The Morgan fingerprint density at radius 1 is 0.653 bits per heavy atom. The van der Waals surface area contributed by atoms with E-state index in [0.717, 1.165) is 32.1 Å². The van der Waals surface area contributed by atoms with Crippen LogP contribution < -0.4 is 4.90 Å². The first-order valence-electron chi connectivity index (χ1n) is 18.2. The Bertz CT molecular complexity index is 2410. The molecule has 238 valence electrons. The van der Waals surface area contributed by atoms with Crippen LogP contribution in [0.4, 0.5) is 5.69 Å². The summed E-state index contributed by atoms with van der Waals surface area (Å²) >= 11 is 0. The van der Waals surface area contributed by atoms with E-state index in [9.17, 15) is 0 Å². The predicted octanol–water partition coefficient (Wildman–Crippen LogP) is 12.2. The largest absolute Gasteiger partial charge is 0.313 e. The van der Waals surface area contributed by atoms with Gasteiger partial charge in [0.2, 0.25) is 0 Å². The van der Waals surface area contributed by atoms with E-state index in [4.69, 9.17) is 0 Å². The number of hydrogen-bond donors (Lipinski definition) is 0. The van der Waals surface area contributed by atoms with E-state index < -0.39 is 0 Å². The summed E-state index contributed by atoms with van der Waals surface area (Å²) < 4.78 is 2.75. The van der Waals surface area contributed by atoms with Crippen LogP contribution in [0.1, 0.15) is 61.5 Å². The highest BCUT2D eigenvalue weighted by Crippen LogP contribution is 2.52. The molecule has 1 atom stereocenters. The van der Waals surface area contributed by atoms with Gasteiger partial charge in [0, 0.05) is 39.2 Å². The number of nitrogens with zero attached hydrogens (tertiary/aromatic N) is 2. The van der Waals surface area contributed by atoms with E-state index in [-0.39, 0.29) is 0 Å². The molecule has 2 heterocycles. The van der Waals surface area contributed by atoms with Crippen molar-refractivity contribution in [2.45, 2.75) is 51.9 Å². The maximum absolute atomic E-state index is 2.75. The molecule has 6 aromatic rings. The molecule has 0 saturated heterocycles. The fourth-order valence-corrected chi connectivity index (χ4v) is 9.21. The minimum atomic E-state index is 0.386. The topological polar surface area (TPSA) is 8.17 Å². The van der Waals surface area contributed by atoms with Crippen molar-refractivity contribution in [3.05, 3.63) is 167 Å². The summed E-state index contributed by atoms with van der Waals surface area (Å²) in [5.74, 6) is 0.386. The third-order valence-electron chi connectivity index (χ3n) is 11.4. The Kier molecular flexibility index (Phi) is 6.65. The molecule has 0 fully saturated rings. The summed E-state index contributed by atoms with van der Waals surface area (Å²) in [6, 6.07) is 40.6. The van der Waals surface area contributed by atoms with Gasteiger partial charge in [-0.2, -0.15) is 0 Å². The zero-order valence-corrected chi connectivity index (χ0v) is 28.1. The van der Waals surface area contributed by atoms with E-state index in [1.54, 1.807) is 5.56 Å². The average Bonchev–Trinajstić information content (AvgIpc) is 3.43. The van der Waals surface area contributed by atoms with Crippen LogP contribution in [0, 0.1) is 5.92 Å². The molecule has 2 heteroatoms. The Hall–Kier alpha value is -5.34. The molecule has 2 nitrogen and oxygen atoms in total. The van der Waals surface area contributed by atoms with Crippen LogP contribution in [0.5, 0.6) is 0 Å². The second-order valence-electron chi connectivity index (χ2n) is 14.2. The van der Waals surface area contributed by atoms with E-state index in [1.807, 2.05) is 0 Å². The van der Waals surface area contributed by atoms with Crippen LogP contribution in [-0.4, -0.2) is 4.57 Å². The Balaban J connectivity index is 1.30. The number of fused-ring (bicyclic) bond motifs is 8. The molecule has 4 aliphatic rings. The number of anilines is 1. The minimum absolute atomic E-state index is 0.386. The van der Waals surface area contributed by atoms with Crippen LogP contribution >= 0.6 is 0 Å². The minimum Gasteiger partial charge on any atom is -0.313 e. The van der Waals surface area contributed by atoms with Crippen LogP contribution in [0.25, 0.3) is 49.5 Å². The third kappa shape index (κ3) is 4.40. The summed E-state index contributed by atoms with van der Waals surface area (Å²) in [4.78, 5) is 2.63. The fourth-order valence-electron chi connectivity index (χ4n) is 9.21. The van der Waals surface area contributed by atoms with Crippen molar-refractivity contribution >= 4 is 38.4 Å². The average molecular weight is 633 g/mol. The number of benzene rings is 5. The number of aromatic nitrogens is 1. The second kappa shape index (κ2) is 11.4. The van der Waals surface area contributed by atoms with Gasteiger partial charge in [-0.15, -0.1) is 0 Å². The summed E-state index contributed by atoms with van der Waals surface area (Å²) in [5, 5.41) is 5.30. The summed E-state index contributed by atoms with van der Waals surface area (Å²) in [6.45, 7) is 2.45. The van der Waals surface area contributed by atoms with Gasteiger partial charge >= 0.3 is 0 Å². The molecule has 10 rings (SSSR count). The van der Waals surface area contributed by atoms with E-state index >= 15 is 0 Å². The Morgan fingerprint density at radius 2 is 1.39 bits per heavy atom. The van der Waals surface area contributed by atoms with Crippen molar-refractivity contribution in [3.63, 3.8) is 0 Å². The van der Waals surface area contributed by atoms with Crippen molar-refractivity contribution < 1.29 is 0 Å². The van der Waals surface area contributed by atoms with Gasteiger partial charge in [0.15, 0.2) is 0 Å². The van der Waals surface area contributed by atoms with Crippen molar-refractivity contribution in [2.24, 2.45) is 5.92 Å². The van der Waals surface area contributed by atoms with Crippen LogP contribution in [0.3, 0.4) is 0 Å². The van der Waals surface area contributed by atoms with Crippen LogP contribution in [0.15, 0.2) is 145 Å². The Labute approximate surface area is 289 Å². The Morgan fingerprint density at radius 3 is 2.24 bits per heavy atom. The van der Waals surface area contributed by atoms with Crippen molar-refractivity contribution in [2.75, 3.05) is 4.90 Å². The molecule has 1 aliphatic heterocycles. The zero-order chi connectivity index (χ0) is 32.5. The van der Waals surface area contributed by atoms with Gasteiger partial charge in [-0.1, -0.05) is 116 Å². The highest BCUT2D eigenvalue weighted by atomic mass is 15.2. The van der Waals surface area contributed by atoms with Gasteiger partial charge in [0.25, 0.3) is 0 Å². The molecule has 0 saturated carbocycles. The van der Waals surface area contributed by atoms with Gasteiger partial charge in [0.1, 0.15) is 0 Å². The number of hydrogen-bond acceptors (Lipinski definition) is 1. The number of rotatable bonds is 3. The molecule has 1 unspecified atom stereocenters. The highest BCUT2D eigenvalue weighted by Gasteiger charge is 2.38. The van der Waals surface area contributed by atoms with Crippen molar-refractivity contribution in [3.8, 4) is 16.8 Å². The first-order chi connectivity index (χ1) is 24.3. The SMILES string of the molecule is CC1CC=CC2=C1c1c(c3c(n1-c1cc4ccccc4c4ccccc14)CCCC3)C1=C(CCC=C1)N2c1ccc(-c2ccccc2)cc1. The lowest BCUT2D eigenvalue weighted by molar-refractivity contribution is 0.661. The molecule has 0 radical (unpaired) electrons. The van der Waals surface area contributed by atoms with E-state index in [2.05, 4.69) is 150 Å². The second-order valence-corrected chi connectivity index (χ2v) is 14.2. The van der Waals surface area contributed by atoms with E-state index in [0.29, 0.717) is 5.92 Å². The molecule has 0 N–H and O–H groups in total. The molecule has 5 aromatic carbocycles. The van der Waals surface area contributed by atoms with Crippen LogP contribution in [0.2, 0.25) is 0 Å². The molecular formula is C47H40N2. The third-order valence-corrected chi connectivity index (χ3v) is 11.4. The standard InChI is InChI=1S/C47H40N2/c1-31-14-13-25-43-45(31)47-46(39-21-9-11-23-41(39)48(43)35-28-26-33(27-29-35)32-15-3-2-4-16-32)40-22-10-12-24-42(40)49(47)44-30-34-17-5-6-18-36(34)37-19-7-8-20-38(37)44/h2-9,13,15-21,25-31H,10-12,14,22-24H2,1H3. The lowest BCUT2D eigenvalue weighted by Gasteiger charge is -2.34. The monoisotopic (exact) mass is 632 g/mol. The van der Waals surface area contributed by atoms with Crippen LogP contribution in [-0.2, 0) is 12.8 Å². The maximum Gasteiger partial charge on any atom is 0.0597 e. The van der Waals surface area contributed by atoms with Gasteiger partial charge in [0.05, 0.1) is 17.1 Å². The molecule has 0 bridgehead atoms. The lowest BCUT2D eigenvalue weighted by atomic mass is 9.84. The summed E-state index contributed by atoms with van der Waals surface area (Å²) in [5.41, 5.74) is 16.8. The summed E-state index contributed by atoms with van der Waals surface area (Å²) in [7, 11) is 0. The normalized spacial score (nSPS) is 18.4. The number of allylic oxidation sites excluding steroid dienone is 7. The van der Waals surface area contributed by atoms with Gasteiger partial charge in [-0.3, -0.25) is 0 Å². The van der Waals surface area contributed by atoms with E-state index in [1.165, 1.54) is 96.4 Å². The molecular weight excluding hydrogens is 593 g/mol. The lowest BCUT2D eigenvalue weighted by Crippen LogP contribution is -2.25. The maximum atomic E-state index is 2.75. The first-order valence-corrected chi connectivity index (χ1v) is 18.2. The van der Waals surface area contributed by atoms with Crippen molar-refractivity contribution in [1.82, 2.24) is 4.57 Å². The first kappa shape index (κ1) is 28.7. The molecule has 1 aromatic heterocycles. The summed E-state index contributed by atoms with van der Waals surface area (Å²) in [6.07, 6.45) is 17.6.